The van der Waals surface area contributed by atoms with Crippen LogP contribution >= 0.6 is 11.6 Å². The SMILES string of the molecule is CCCNC(=O)C(CC)N(Cc1cccc(C)c1)C(=O)CN(c1ccc(Cl)cc1C)S(=O)(=O)c1ccc(C)cc1. The zero-order valence-electron chi connectivity index (χ0n) is 23.8. The molecule has 0 aliphatic rings. The van der Waals surface area contributed by atoms with Gasteiger partial charge in [-0.2, -0.15) is 0 Å². The summed E-state index contributed by atoms with van der Waals surface area (Å²) in [5.41, 5.74) is 3.74. The molecule has 9 heteroatoms. The van der Waals surface area contributed by atoms with Crippen LogP contribution in [0.1, 0.15) is 48.9 Å². The van der Waals surface area contributed by atoms with Crippen LogP contribution in [0, 0.1) is 20.8 Å². The van der Waals surface area contributed by atoms with Crippen LogP contribution in [0.5, 0.6) is 0 Å². The summed E-state index contributed by atoms with van der Waals surface area (Å²) < 4.78 is 29.1. The maximum atomic E-state index is 14.1. The minimum atomic E-state index is -4.14. The van der Waals surface area contributed by atoms with Gasteiger partial charge in [-0.25, -0.2) is 8.42 Å². The third kappa shape index (κ3) is 7.64. The molecule has 7 nitrogen and oxygen atoms in total. The van der Waals surface area contributed by atoms with Crippen LogP contribution in [-0.2, 0) is 26.2 Å². The van der Waals surface area contributed by atoms with Gasteiger partial charge in [0, 0.05) is 18.1 Å². The summed E-state index contributed by atoms with van der Waals surface area (Å²) in [6.07, 6.45) is 1.13. The van der Waals surface area contributed by atoms with Crippen LogP contribution in [0.2, 0.25) is 5.02 Å². The molecule has 0 bridgehead atoms. The van der Waals surface area contributed by atoms with Crippen molar-refractivity contribution in [3.63, 3.8) is 0 Å². The first-order chi connectivity index (χ1) is 19.0. The standard InChI is InChI=1S/C31H38ClN3O4S/c1-6-17-33-31(37)28(7-2)34(20-25-10-8-9-23(4)18-25)30(36)21-35(29-16-13-26(32)19-24(29)5)40(38,39)27-14-11-22(3)12-15-27/h8-16,18-19,28H,6-7,17,20-21H2,1-5H3,(H,33,37). The maximum absolute atomic E-state index is 14.1. The minimum Gasteiger partial charge on any atom is -0.354 e. The van der Waals surface area contributed by atoms with E-state index in [1.165, 1.54) is 17.0 Å². The number of amides is 2. The van der Waals surface area contributed by atoms with Gasteiger partial charge in [0.05, 0.1) is 10.6 Å². The van der Waals surface area contributed by atoms with E-state index in [1.54, 1.807) is 37.3 Å². The molecule has 1 atom stereocenters. The van der Waals surface area contributed by atoms with Crippen LogP contribution in [-0.4, -0.2) is 44.3 Å². The Labute approximate surface area is 243 Å². The van der Waals surface area contributed by atoms with Crippen molar-refractivity contribution in [1.29, 1.82) is 0 Å². The predicted octanol–water partition coefficient (Wildman–Crippen LogP) is 5.79. The Balaban J connectivity index is 2.09. The van der Waals surface area contributed by atoms with Crippen molar-refractivity contribution in [3.05, 3.63) is 94.0 Å². The van der Waals surface area contributed by atoms with E-state index in [4.69, 9.17) is 11.6 Å². The van der Waals surface area contributed by atoms with Crippen molar-refractivity contribution in [2.75, 3.05) is 17.4 Å². The summed E-state index contributed by atoms with van der Waals surface area (Å²) in [6, 6.07) is 18.3. The first-order valence-corrected chi connectivity index (χ1v) is 15.3. The summed E-state index contributed by atoms with van der Waals surface area (Å²) in [7, 11) is -4.14. The fraction of sp³-hybridized carbons (Fsp3) is 0.355. The molecule has 214 valence electrons. The summed E-state index contributed by atoms with van der Waals surface area (Å²) in [5, 5.41) is 3.36. The number of hydrogen-bond acceptors (Lipinski definition) is 4. The Morgan fingerprint density at radius 2 is 1.62 bits per heavy atom. The van der Waals surface area contributed by atoms with Crippen molar-refractivity contribution < 1.29 is 18.0 Å². The van der Waals surface area contributed by atoms with Gasteiger partial charge in [0.2, 0.25) is 11.8 Å². The summed E-state index contributed by atoms with van der Waals surface area (Å²) in [6.45, 7) is 9.55. The van der Waals surface area contributed by atoms with Gasteiger partial charge in [-0.1, -0.05) is 73.0 Å². The zero-order valence-corrected chi connectivity index (χ0v) is 25.3. The second-order valence-electron chi connectivity index (χ2n) is 9.98. The lowest BCUT2D eigenvalue weighted by Crippen LogP contribution is -2.52. The quantitative estimate of drug-likeness (QED) is 0.292. The topological polar surface area (TPSA) is 86.8 Å². The van der Waals surface area contributed by atoms with Gasteiger partial charge >= 0.3 is 0 Å². The monoisotopic (exact) mass is 583 g/mol. The van der Waals surface area contributed by atoms with Crippen molar-refractivity contribution >= 4 is 39.1 Å². The Hall–Kier alpha value is -3.36. The largest absolute Gasteiger partial charge is 0.354 e. The van der Waals surface area contributed by atoms with Crippen molar-refractivity contribution in [1.82, 2.24) is 10.2 Å². The lowest BCUT2D eigenvalue weighted by molar-refractivity contribution is -0.140. The number of nitrogens with one attached hydrogen (secondary N) is 1. The molecule has 0 aliphatic carbocycles. The molecule has 1 unspecified atom stereocenters. The number of nitrogens with zero attached hydrogens (tertiary/aromatic N) is 2. The number of anilines is 1. The van der Waals surface area contributed by atoms with E-state index >= 15 is 0 Å². The molecule has 0 saturated carbocycles. The Morgan fingerprint density at radius 1 is 0.925 bits per heavy atom. The summed E-state index contributed by atoms with van der Waals surface area (Å²) in [4.78, 5) is 28.9. The molecule has 0 aromatic heterocycles. The van der Waals surface area contributed by atoms with E-state index in [9.17, 15) is 18.0 Å². The van der Waals surface area contributed by atoms with Crippen LogP contribution in [0.15, 0.2) is 71.6 Å². The molecule has 0 radical (unpaired) electrons. The highest BCUT2D eigenvalue weighted by Gasteiger charge is 2.34. The van der Waals surface area contributed by atoms with Gasteiger partial charge < -0.3 is 10.2 Å². The fourth-order valence-corrected chi connectivity index (χ4v) is 6.25. The van der Waals surface area contributed by atoms with E-state index in [-0.39, 0.29) is 17.3 Å². The fourth-order valence-electron chi connectivity index (χ4n) is 4.54. The van der Waals surface area contributed by atoms with Crippen molar-refractivity contribution in [2.45, 2.75) is 64.9 Å². The highest BCUT2D eigenvalue weighted by Crippen LogP contribution is 2.29. The molecule has 3 aromatic carbocycles. The van der Waals surface area contributed by atoms with Gasteiger partial charge in [0.15, 0.2) is 0 Å². The lowest BCUT2D eigenvalue weighted by atomic mass is 10.1. The summed E-state index contributed by atoms with van der Waals surface area (Å²) in [5.74, 6) is -0.744. The highest BCUT2D eigenvalue weighted by molar-refractivity contribution is 7.92. The van der Waals surface area contributed by atoms with Gasteiger partial charge in [0.25, 0.3) is 10.0 Å². The molecule has 0 saturated heterocycles. The first kappa shape index (κ1) is 31.2. The van der Waals surface area contributed by atoms with Gasteiger partial charge in [-0.3, -0.25) is 13.9 Å². The van der Waals surface area contributed by atoms with E-state index in [1.807, 2.05) is 52.0 Å². The molecule has 0 spiro atoms. The van der Waals surface area contributed by atoms with Crippen LogP contribution < -0.4 is 9.62 Å². The van der Waals surface area contributed by atoms with Crippen LogP contribution in [0.4, 0.5) is 5.69 Å². The lowest BCUT2D eigenvalue weighted by Gasteiger charge is -2.33. The number of aryl methyl sites for hydroxylation is 3. The first-order valence-electron chi connectivity index (χ1n) is 13.5. The van der Waals surface area contributed by atoms with E-state index in [2.05, 4.69) is 5.32 Å². The molecule has 40 heavy (non-hydrogen) atoms. The Kier molecular flexibility index (Phi) is 10.8. The zero-order chi connectivity index (χ0) is 29.4. The molecular weight excluding hydrogens is 546 g/mol. The average Bonchev–Trinajstić information content (AvgIpc) is 2.91. The Morgan fingerprint density at radius 3 is 2.23 bits per heavy atom. The van der Waals surface area contributed by atoms with Gasteiger partial charge in [0.1, 0.15) is 12.6 Å². The normalized spacial score (nSPS) is 12.1. The van der Waals surface area contributed by atoms with Crippen molar-refractivity contribution in [2.24, 2.45) is 0 Å². The maximum Gasteiger partial charge on any atom is 0.264 e. The molecule has 0 aliphatic heterocycles. The van der Waals surface area contributed by atoms with E-state index in [0.717, 1.165) is 27.4 Å². The molecular formula is C31H38ClN3O4S. The average molecular weight is 584 g/mol. The summed E-state index contributed by atoms with van der Waals surface area (Å²) >= 11 is 6.18. The van der Waals surface area contributed by atoms with Crippen molar-refractivity contribution in [3.8, 4) is 0 Å². The number of sulfonamides is 1. The minimum absolute atomic E-state index is 0.0678. The third-order valence-corrected chi connectivity index (χ3v) is 8.69. The molecule has 2 amide bonds. The highest BCUT2D eigenvalue weighted by atomic mass is 35.5. The molecule has 3 aromatic rings. The van der Waals surface area contributed by atoms with Gasteiger partial charge in [-0.05, 0) is 75.1 Å². The predicted molar refractivity (Wildman–Crippen MR) is 161 cm³/mol. The molecule has 0 fully saturated rings. The van der Waals surface area contributed by atoms with Crippen LogP contribution in [0.25, 0.3) is 0 Å². The van der Waals surface area contributed by atoms with E-state index in [0.29, 0.717) is 29.2 Å². The number of rotatable bonds is 12. The number of hydrogen-bond donors (Lipinski definition) is 1. The Bertz CT molecular complexity index is 1440. The number of carbonyl (C=O) groups is 2. The van der Waals surface area contributed by atoms with E-state index < -0.39 is 28.5 Å². The van der Waals surface area contributed by atoms with Crippen LogP contribution in [0.3, 0.4) is 0 Å². The molecule has 0 heterocycles. The second-order valence-corrected chi connectivity index (χ2v) is 12.3. The second kappa shape index (κ2) is 13.8. The molecule has 3 rings (SSSR count). The molecule has 1 N–H and O–H groups in total. The number of benzene rings is 3. The van der Waals surface area contributed by atoms with Gasteiger partial charge in [-0.15, -0.1) is 0 Å². The number of carbonyl (C=O) groups excluding carboxylic acids is 2. The third-order valence-electron chi connectivity index (χ3n) is 6.69. The number of halogens is 1. The smallest absolute Gasteiger partial charge is 0.264 e.